The predicted octanol–water partition coefficient (Wildman–Crippen LogP) is 3.06. The number of nitriles is 1. The lowest BCUT2D eigenvalue weighted by atomic mass is 10.0. The minimum absolute atomic E-state index is 0.0945. The summed E-state index contributed by atoms with van der Waals surface area (Å²) in [6, 6.07) is 13.1. The van der Waals surface area contributed by atoms with Crippen molar-refractivity contribution >= 4 is 11.6 Å². The monoisotopic (exact) mass is 310 g/mol. The van der Waals surface area contributed by atoms with E-state index in [4.69, 9.17) is 10.00 Å². The number of ether oxygens (including phenoxy) is 1. The van der Waals surface area contributed by atoms with Gasteiger partial charge in [-0.1, -0.05) is 0 Å². The average Bonchev–Trinajstić information content (AvgIpc) is 2.59. The third-order valence-electron chi connectivity index (χ3n) is 3.81. The highest BCUT2D eigenvalue weighted by Gasteiger charge is 2.23. The molecule has 0 N–H and O–H groups in total. The SMILES string of the molecule is N#Cc1ccc(OCC(=O)N2CCCc3cc(F)ccc32)cc1. The Hall–Kier alpha value is -2.87. The average molecular weight is 310 g/mol. The lowest BCUT2D eigenvalue weighted by molar-refractivity contribution is -0.120. The fourth-order valence-electron chi connectivity index (χ4n) is 2.67. The van der Waals surface area contributed by atoms with Crippen molar-refractivity contribution < 1.29 is 13.9 Å². The van der Waals surface area contributed by atoms with Crippen molar-refractivity contribution in [3.63, 3.8) is 0 Å². The lowest BCUT2D eigenvalue weighted by Crippen LogP contribution is -2.38. The first kappa shape index (κ1) is 15.0. The Morgan fingerprint density at radius 3 is 2.78 bits per heavy atom. The molecule has 116 valence electrons. The molecule has 0 aliphatic carbocycles. The van der Waals surface area contributed by atoms with Crippen molar-refractivity contribution in [2.24, 2.45) is 0 Å². The molecule has 1 aliphatic heterocycles. The molecular formula is C18H15FN2O2. The van der Waals surface area contributed by atoms with Gasteiger partial charge >= 0.3 is 0 Å². The van der Waals surface area contributed by atoms with Gasteiger partial charge in [0.15, 0.2) is 6.61 Å². The van der Waals surface area contributed by atoms with Crippen LogP contribution in [0.2, 0.25) is 0 Å². The van der Waals surface area contributed by atoms with E-state index in [1.807, 2.05) is 6.07 Å². The van der Waals surface area contributed by atoms with Crippen LogP contribution in [0, 0.1) is 17.1 Å². The maximum Gasteiger partial charge on any atom is 0.264 e. The largest absolute Gasteiger partial charge is 0.484 e. The van der Waals surface area contributed by atoms with E-state index in [2.05, 4.69) is 0 Å². The Labute approximate surface area is 133 Å². The topological polar surface area (TPSA) is 53.3 Å². The summed E-state index contributed by atoms with van der Waals surface area (Å²) >= 11 is 0. The molecule has 0 unspecified atom stereocenters. The Morgan fingerprint density at radius 2 is 2.04 bits per heavy atom. The predicted molar refractivity (Wildman–Crippen MR) is 83.7 cm³/mol. The maximum absolute atomic E-state index is 13.3. The van der Waals surface area contributed by atoms with Gasteiger partial charge in [0, 0.05) is 12.2 Å². The molecule has 3 rings (SSSR count). The first-order chi connectivity index (χ1) is 11.2. The van der Waals surface area contributed by atoms with Gasteiger partial charge in [-0.15, -0.1) is 0 Å². The van der Waals surface area contributed by atoms with E-state index < -0.39 is 0 Å². The maximum atomic E-state index is 13.3. The van der Waals surface area contributed by atoms with Gasteiger partial charge in [0.1, 0.15) is 11.6 Å². The molecule has 0 saturated carbocycles. The minimum atomic E-state index is -0.285. The van der Waals surface area contributed by atoms with Gasteiger partial charge < -0.3 is 9.64 Å². The second-order valence-corrected chi connectivity index (χ2v) is 5.35. The molecule has 0 fully saturated rings. The van der Waals surface area contributed by atoms with Crippen molar-refractivity contribution in [2.75, 3.05) is 18.1 Å². The van der Waals surface area contributed by atoms with Gasteiger partial charge in [-0.3, -0.25) is 4.79 Å². The van der Waals surface area contributed by atoms with Crippen molar-refractivity contribution in [2.45, 2.75) is 12.8 Å². The zero-order valence-corrected chi connectivity index (χ0v) is 12.5. The van der Waals surface area contributed by atoms with Gasteiger partial charge in [0.05, 0.1) is 11.6 Å². The van der Waals surface area contributed by atoms with Crippen LogP contribution in [-0.4, -0.2) is 19.1 Å². The molecular weight excluding hydrogens is 295 g/mol. The second-order valence-electron chi connectivity index (χ2n) is 5.35. The standard InChI is InChI=1S/C18H15FN2O2/c19-15-5-8-17-14(10-15)2-1-9-21(17)18(22)12-23-16-6-3-13(11-20)4-7-16/h3-8,10H,1-2,9,12H2. The molecule has 1 heterocycles. The number of nitrogens with zero attached hydrogens (tertiary/aromatic N) is 2. The normalized spacial score (nSPS) is 13.1. The van der Waals surface area contributed by atoms with Gasteiger partial charge in [-0.05, 0) is 60.9 Å². The zero-order chi connectivity index (χ0) is 16.2. The van der Waals surface area contributed by atoms with Crippen molar-refractivity contribution in [3.05, 3.63) is 59.4 Å². The van der Waals surface area contributed by atoms with Gasteiger partial charge in [-0.25, -0.2) is 4.39 Å². The lowest BCUT2D eigenvalue weighted by Gasteiger charge is -2.29. The quantitative estimate of drug-likeness (QED) is 0.875. The van der Waals surface area contributed by atoms with Crippen LogP contribution >= 0.6 is 0 Å². The number of amides is 1. The number of halogens is 1. The van der Waals surface area contributed by atoms with Crippen LogP contribution in [0.3, 0.4) is 0 Å². The number of aryl methyl sites for hydroxylation is 1. The summed E-state index contributed by atoms with van der Waals surface area (Å²) in [6.45, 7) is 0.511. The van der Waals surface area contributed by atoms with Crippen LogP contribution in [0.15, 0.2) is 42.5 Å². The molecule has 0 bridgehead atoms. The number of hydrogen-bond donors (Lipinski definition) is 0. The van der Waals surface area contributed by atoms with E-state index in [1.54, 1.807) is 35.2 Å². The minimum Gasteiger partial charge on any atom is -0.484 e. The first-order valence-corrected chi connectivity index (χ1v) is 7.39. The van der Waals surface area contributed by atoms with Crippen LogP contribution < -0.4 is 9.64 Å². The van der Waals surface area contributed by atoms with Crippen LogP contribution in [0.1, 0.15) is 17.5 Å². The third-order valence-corrected chi connectivity index (χ3v) is 3.81. The Balaban J connectivity index is 1.68. The van der Waals surface area contributed by atoms with Crippen LogP contribution in [0.5, 0.6) is 5.75 Å². The number of carbonyl (C=O) groups excluding carboxylic acids is 1. The summed E-state index contributed by atoms with van der Waals surface area (Å²) in [7, 11) is 0. The first-order valence-electron chi connectivity index (χ1n) is 7.39. The van der Waals surface area contributed by atoms with Crippen molar-refractivity contribution in [1.82, 2.24) is 0 Å². The summed E-state index contributed by atoms with van der Waals surface area (Å²) in [6.07, 6.45) is 1.58. The molecule has 0 atom stereocenters. The summed E-state index contributed by atoms with van der Waals surface area (Å²) in [5.74, 6) is 0.0856. The number of benzene rings is 2. The highest BCUT2D eigenvalue weighted by molar-refractivity contribution is 5.95. The second kappa shape index (κ2) is 6.49. The Kier molecular flexibility index (Phi) is 4.24. The van der Waals surface area contributed by atoms with Crippen molar-refractivity contribution in [1.29, 1.82) is 5.26 Å². The Morgan fingerprint density at radius 1 is 1.26 bits per heavy atom. The summed E-state index contributed by atoms with van der Waals surface area (Å²) in [5, 5.41) is 8.75. The van der Waals surface area contributed by atoms with E-state index in [1.165, 1.54) is 12.1 Å². The molecule has 4 nitrogen and oxygen atoms in total. The number of anilines is 1. The van der Waals surface area contributed by atoms with Gasteiger partial charge in [0.25, 0.3) is 5.91 Å². The molecule has 2 aromatic rings. The molecule has 0 radical (unpaired) electrons. The molecule has 0 spiro atoms. The molecule has 1 amide bonds. The summed E-state index contributed by atoms with van der Waals surface area (Å²) in [5.41, 5.74) is 2.14. The number of fused-ring (bicyclic) bond motifs is 1. The number of rotatable bonds is 3. The summed E-state index contributed by atoms with van der Waals surface area (Å²) < 4.78 is 18.8. The fourth-order valence-corrected chi connectivity index (χ4v) is 2.67. The van der Waals surface area contributed by atoms with E-state index in [9.17, 15) is 9.18 Å². The molecule has 0 saturated heterocycles. The van der Waals surface area contributed by atoms with Gasteiger partial charge in [0.2, 0.25) is 0 Å². The number of carbonyl (C=O) groups is 1. The Bertz CT molecular complexity index is 766. The number of hydrogen-bond acceptors (Lipinski definition) is 3. The van der Waals surface area contributed by atoms with Crippen LogP contribution in [0.4, 0.5) is 10.1 Å². The summed E-state index contributed by atoms with van der Waals surface area (Å²) in [4.78, 5) is 14.0. The third kappa shape index (κ3) is 3.32. The van der Waals surface area contributed by atoms with Crippen molar-refractivity contribution in [3.8, 4) is 11.8 Å². The molecule has 2 aromatic carbocycles. The van der Waals surface area contributed by atoms with E-state index >= 15 is 0 Å². The van der Waals surface area contributed by atoms with Gasteiger partial charge in [-0.2, -0.15) is 5.26 Å². The highest BCUT2D eigenvalue weighted by Crippen LogP contribution is 2.28. The smallest absolute Gasteiger partial charge is 0.264 e. The highest BCUT2D eigenvalue weighted by atomic mass is 19.1. The van der Waals surface area contributed by atoms with E-state index in [0.29, 0.717) is 17.9 Å². The fraction of sp³-hybridized carbons (Fsp3) is 0.222. The van der Waals surface area contributed by atoms with E-state index in [-0.39, 0.29) is 18.3 Å². The molecule has 0 aromatic heterocycles. The van der Waals surface area contributed by atoms with Crippen LogP contribution in [0.25, 0.3) is 0 Å². The molecule has 5 heteroatoms. The molecule has 1 aliphatic rings. The van der Waals surface area contributed by atoms with Crippen LogP contribution in [-0.2, 0) is 11.2 Å². The molecule has 23 heavy (non-hydrogen) atoms. The van der Waals surface area contributed by atoms with E-state index in [0.717, 1.165) is 24.1 Å². The zero-order valence-electron chi connectivity index (χ0n) is 12.5.